The highest BCUT2D eigenvalue weighted by molar-refractivity contribution is 6.03. The van der Waals surface area contributed by atoms with Crippen LogP contribution in [0.4, 0.5) is 0 Å². The van der Waals surface area contributed by atoms with Crippen LogP contribution in [0.2, 0.25) is 0 Å². The van der Waals surface area contributed by atoms with Gasteiger partial charge in [-0.3, -0.25) is 19.3 Å². The first-order valence-corrected chi connectivity index (χ1v) is 8.37. The smallest absolute Gasteiger partial charge is 0.232 e. The molecule has 1 saturated heterocycles. The highest BCUT2D eigenvalue weighted by atomic mass is 16.2. The Morgan fingerprint density at radius 1 is 1.14 bits per heavy atom. The first kappa shape index (κ1) is 17.9. The van der Waals surface area contributed by atoms with Gasteiger partial charge in [0.05, 0.1) is 0 Å². The molecule has 0 spiro atoms. The zero-order valence-electron chi connectivity index (χ0n) is 13.9. The number of likely N-dealkylation sites (tertiary alicyclic amines) is 1. The van der Waals surface area contributed by atoms with Crippen LogP contribution in [-0.4, -0.2) is 29.0 Å². The second-order valence-corrected chi connectivity index (χ2v) is 5.98. The molecule has 0 N–H and O–H groups in total. The summed E-state index contributed by atoms with van der Waals surface area (Å²) in [5.74, 6) is 0.773. The van der Waals surface area contributed by atoms with Crippen molar-refractivity contribution in [3.8, 4) is 0 Å². The van der Waals surface area contributed by atoms with E-state index in [9.17, 15) is 14.4 Å². The average Bonchev–Trinajstić information content (AvgIpc) is 2.77. The summed E-state index contributed by atoms with van der Waals surface area (Å²) in [6.45, 7) is 8.18. The minimum absolute atomic E-state index is 0.00876. The van der Waals surface area contributed by atoms with Crippen LogP contribution in [0, 0.1) is 17.8 Å². The number of Topliss-reactive ketones (excluding diaryl/α,β-unsaturated/α-hetero) is 1. The van der Waals surface area contributed by atoms with Gasteiger partial charge in [0, 0.05) is 24.8 Å². The van der Waals surface area contributed by atoms with Crippen molar-refractivity contribution in [1.82, 2.24) is 4.90 Å². The van der Waals surface area contributed by atoms with Crippen molar-refractivity contribution in [2.24, 2.45) is 17.8 Å². The van der Waals surface area contributed by atoms with Crippen molar-refractivity contribution in [2.45, 2.75) is 66.2 Å². The van der Waals surface area contributed by atoms with Crippen molar-refractivity contribution >= 4 is 17.6 Å². The first-order chi connectivity index (χ1) is 10.0. The van der Waals surface area contributed by atoms with Gasteiger partial charge in [0.25, 0.3) is 0 Å². The second kappa shape index (κ2) is 8.30. The summed E-state index contributed by atoms with van der Waals surface area (Å²) in [7, 11) is 0. The van der Waals surface area contributed by atoms with Crippen LogP contribution in [0.5, 0.6) is 0 Å². The zero-order chi connectivity index (χ0) is 16.0. The maximum Gasteiger partial charge on any atom is 0.232 e. The molecule has 21 heavy (non-hydrogen) atoms. The molecule has 2 amide bonds. The molecule has 2 aliphatic rings. The summed E-state index contributed by atoms with van der Waals surface area (Å²) in [5.41, 5.74) is 0. The van der Waals surface area contributed by atoms with Crippen LogP contribution in [-0.2, 0) is 14.4 Å². The van der Waals surface area contributed by atoms with Gasteiger partial charge < -0.3 is 0 Å². The number of amides is 2. The van der Waals surface area contributed by atoms with E-state index < -0.39 is 0 Å². The number of carbonyl (C=O) groups excluding carboxylic acids is 3. The van der Waals surface area contributed by atoms with E-state index in [0.29, 0.717) is 18.9 Å². The molecular weight excluding hydrogens is 266 g/mol. The maximum atomic E-state index is 12.0. The van der Waals surface area contributed by atoms with Crippen molar-refractivity contribution in [3.63, 3.8) is 0 Å². The molecule has 2 fully saturated rings. The monoisotopic (exact) mass is 295 g/mol. The van der Waals surface area contributed by atoms with E-state index in [2.05, 4.69) is 0 Å². The number of ketones is 1. The molecule has 0 aromatic heterocycles. The summed E-state index contributed by atoms with van der Waals surface area (Å²) in [6, 6.07) is 0. The Morgan fingerprint density at radius 3 is 2.14 bits per heavy atom. The molecule has 4 heteroatoms. The predicted molar refractivity (Wildman–Crippen MR) is 82.6 cm³/mol. The van der Waals surface area contributed by atoms with Crippen LogP contribution < -0.4 is 0 Å². The van der Waals surface area contributed by atoms with Crippen molar-refractivity contribution in [2.75, 3.05) is 6.54 Å². The van der Waals surface area contributed by atoms with E-state index in [0.717, 1.165) is 32.1 Å². The van der Waals surface area contributed by atoms with Gasteiger partial charge in [0.2, 0.25) is 11.8 Å². The Kier molecular flexibility index (Phi) is 7.06. The van der Waals surface area contributed by atoms with Gasteiger partial charge in [-0.2, -0.15) is 0 Å². The molecule has 0 aromatic rings. The van der Waals surface area contributed by atoms with Crippen LogP contribution in [0.1, 0.15) is 66.2 Å². The Balaban J connectivity index is 0.00000106. The molecule has 0 bridgehead atoms. The van der Waals surface area contributed by atoms with Crippen molar-refractivity contribution < 1.29 is 14.4 Å². The number of rotatable bonds is 4. The van der Waals surface area contributed by atoms with Gasteiger partial charge in [0.1, 0.15) is 5.78 Å². The molecule has 1 aliphatic carbocycles. The Morgan fingerprint density at radius 2 is 1.71 bits per heavy atom. The lowest BCUT2D eigenvalue weighted by atomic mass is 9.80. The number of hydrogen-bond acceptors (Lipinski definition) is 3. The van der Waals surface area contributed by atoms with E-state index in [-0.39, 0.29) is 29.4 Å². The van der Waals surface area contributed by atoms with Gasteiger partial charge in [-0.25, -0.2) is 0 Å². The van der Waals surface area contributed by atoms with Gasteiger partial charge in [-0.15, -0.1) is 0 Å². The fourth-order valence-corrected chi connectivity index (χ4v) is 3.27. The minimum Gasteiger partial charge on any atom is -0.300 e. The summed E-state index contributed by atoms with van der Waals surface area (Å²) in [6.07, 6.45) is 4.87. The second-order valence-electron chi connectivity index (χ2n) is 5.98. The fourth-order valence-electron chi connectivity index (χ4n) is 3.27. The zero-order valence-corrected chi connectivity index (χ0v) is 13.9. The summed E-state index contributed by atoms with van der Waals surface area (Å²) in [5, 5.41) is 0. The standard InChI is InChI=1S/C15H23NO3.C2H6/c1-3-12-8-14(18)16(15(12)19)9-11-4-6-13(7-5-11)10(2)17;1-2/h11-13H,3-9H2,1-2H3;1-2H3. The highest BCUT2D eigenvalue weighted by Gasteiger charge is 2.38. The van der Waals surface area contributed by atoms with Crippen LogP contribution in [0.25, 0.3) is 0 Å². The van der Waals surface area contributed by atoms with E-state index in [4.69, 9.17) is 0 Å². The molecule has 4 nitrogen and oxygen atoms in total. The Bertz CT molecular complexity index is 383. The third-order valence-electron chi connectivity index (χ3n) is 4.69. The summed E-state index contributed by atoms with van der Waals surface area (Å²) < 4.78 is 0. The van der Waals surface area contributed by atoms with Gasteiger partial charge in [0.15, 0.2) is 0 Å². The highest BCUT2D eigenvalue weighted by Crippen LogP contribution is 2.32. The predicted octanol–water partition coefficient (Wildman–Crippen LogP) is 3.19. The Hall–Kier alpha value is -1.19. The van der Waals surface area contributed by atoms with E-state index >= 15 is 0 Å². The molecule has 1 unspecified atom stereocenters. The van der Waals surface area contributed by atoms with E-state index in [1.807, 2.05) is 20.8 Å². The molecule has 1 heterocycles. The van der Waals surface area contributed by atoms with Gasteiger partial charge in [-0.05, 0) is 44.9 Å². The SMILES string of the molecule is CC.CCC1CC(=O)N(CC2CCC(C(C)=O)CC2)C1=O. The normalized spacial score (nSPS) is 29.1. The lowest BCUT2D eigenvalue weighted by molar-refractivity contribution is -0.140. The first-order valence-electron chi connectivity index (χ1n) is 8.37. The molecule has 120 valence electrons. The molecule has 0 aromatic carbocycles. The van der Waals surface area contributed by atoms with E-state index in [1.165, 1.54) is 4.90 Å². The lowest BCUT2D eigenvalue weighted by Gasteiger charge is -2.29. The molecular formula is C17H29NO3. The summed E-state index contributed by atoms with van der Waals surface area (Å²) >= 11 is 0. The Labute approximate surface area is 128 Å². The topological polar surface area (TPSA) is 54.5 Å². The lowest BCUT2D eigenvalue weighted by Crippen LogP contribution is -2.36. The molecule has 1 atom stereocenters. The minimum atomic E-state index is -0.0962. The van der Waals surface area contributed by atoms with Crippen LogP contribution >= 0.6 is 0 Å². The molecule has 2 rings (SSSR count). The third kappa shape index (κ3) is 4.39. The average molecular weight is 295 g/mol. The number of hydrogen-bond donors (Lipinski definition) is 0. The quantitative estimate of drug-likeness (QED) is 0.748. The van der Waals surface area contributed by atoms with E-state index in [1.54, 1.807) is 6.92 Å². The number of imide groups is 1. The number of carbonyl (C=O) groups is 3. The maximum absolute atomic E-state index is 12.0. The van der Waals surface area contributed by atoms with Crippen molar-refractivity contribution in [1.29, 1.82) is 0 Å². The van der Waals surface area contributed by atoms with Gasteiger partial charge in [-0.1, -0.05) is 20.8 Å². The van der Waals surface area contributed by atoms with Crippen molar-refractivity contribution in [3.05, 3.63) is 0 Å². The van der Waals surface area contributed by atoms with Gasteiger partial charge >= 0.3 is 0 Å². The van der Waals surface area contributed by atoms with Crippen LogP contribution in [0.15, 0.2) is 0 Å². The molecule has 1 aliphatic heterocycles. The van der Waals surface area contributed by atoms with Crippen LogP contribution in [0.3, 0.4) is 0 Å². The molecule has 0 radical (unpaired) electrons. The third-order valence-corrected chi connectivity index (χ3v) is 4.69. The fraction of sp³-hybridized carbons (Fsp3) is 0.824. The largest absolute Gasteiger partial charge is 0.300 e. The summed E-state index contributed by atoms with van der Waals surface area (Å²) in [4.78, 5) is 36.7. The number of nitrogens with zero attached hydrogens (tertiary/aromatic N) is 1. The molecule has 1 saturated carbocycles.